The third-order valence-corrected chi connectivity index (χ3v) is 5.85. The molecule has 4 rings (SSSR count). The molecule has 0 aliphatic carbocycles. The number of aromatic hydroxyl groups is 1. The highest BCUT2D eigenvalue weighted by Gasteiger charge is 2.34. The Morgan fingerprint density at radius 1 is 1.25 bits per heavy atom. The van der Waals surface area contributed by atoms with Gasteiger partial charge in [0, 0.05) is 18.5 Å². The van der Waals surface area contributed by atoms with Gasteiger partial charge in [0.15, 0.2) is 5.69 Å². The van der Waals surface area contributed by atoms with Crippen molar-refractivity contribution in [1.82, 2.24) is 25.2 Å². The molecule has 1 aliphatic rings. The molecule has 2 amide bonds. The molecule has 11 heteroatoms. The van der Waals surface area contributed by atoms with Crippen molar-refractivity contribution in [2.75, 3.05) is 11.6 Å². The van der Waals surface area contributed by atoms with Crippen molar-refractivity contribution in [1.29, 1.82) is 0 Å². The second-order valence-corrected chi connectivity index (χ2v) is 7.96. The van der Waals surface area contributed by atoms with Crippen LogP contribution in [0.4, 0.5) is 4.39 Å². The number of rotatable bonds is 5. The second-order valence-electron chi connectivity index (χ2n) is 6.96. The Hall–Kier alpha value is -3.73. The van der Waals surface area contributed by atoms with E-state index in [4.69, 9.17) is 0 Å². The number of nitrogens with zero attached hydrogens (tertiary/aromatic N) is 3. The number of aromatic amines is 1. The van der Waals surface area contributed by atoms with Crippen molar-refractivity contribution in [2.24, 2.45) is 0 Å². The first-order valence-corrected chi connectivity index (χ1v) is 10.7. The number of carbonyl (C=O) groups excluding carboxylic acids is 2. The van der Waals surface area contributed by atoms with Gasteiger partial charge in [-0.15, -0.1) is 11.8 Å². The topological polar surface area (TPSA) is 128 Å². The molecule has 1 aliphatic heterocycles. The summed E-state index contributed by atoms with van der Waals surface area (Å²) in [5, 5.41) is 12.7. The van der Waals surface area contributed by atoms with Crippen LogP contribution in [0.3, 0.4) is 0 Å². The maximum absolute atomic E-state index is 13.0. The first-order chi connectivity index (χ1) is 15.4. The number of carbonyl (C=O) groups is 2. The zero-order chi connectivity index (χ0) is 22.7. The number of H-pyrrole nitrogens is 1. The molecular weight excluding hydrogens is 437 g/mol. The fourth-order valence-corrected chi connectivity index (χ4v) is 4.33. The van der Waals surface area contributed by atoms with E-state index in [-0.39, 0.29) is 24.0 Å². The minimum absolute atomic E-state index is 0.0476. The van der Waals surface area contributed by atoms with E-state index in [2.05, 4.69) is 20.3 Å². The van der Waals surface area contributed by atoms with Crippen LogP contribution in [0.1, 0.15) is 38.4 Å². The summed E-state index contributed by atoms with van der Waals surface area (Å²) in [6.45, 7) is 0.0476. The minimum Gasteiger partial charge on any atom is -0.501 e. The standard InChI is InChI=1S/C21H18FN5O4S/c22-13-6-4-12(5-7-13)9-24-19(29)16-17(28)20(30)26-18(25-16)15-10-32-11-27(15)21(31)14-3-1-2-8-23-14/h1-8,15,28H,9-11H2,(H,24,29)(H,25,26,30)/t15-/m0/s1. The lowest BCUT2D eigenvalue weighted by atomic mass is 10.2. The van der Waals surface area contributed by atoms with E-state index in [1.165, 1.54) is 47.1 Å². The predicted octanol–water partition coefficient (Wildman–Crippen LogP) is 1.83. The number of halogens is 1. The molecule has 1 atom stereocenters. The van der Waals surface area contributed by atoms with Crippen molar-refractivity contribution in [2.45, 2.75) is 12.6 Å². The number of nitrogens with one attached hydrogen (secondary N) is 2. The smallest absolute Gasteiger partial charge is 0.294 e. The highest BCUT2D eigenvalue weighted by atomic mass is 32.2. The van der Waals surface area contributed by atoms with Crippen LogP contribution in [0.25, 0.3) is 0 Å². The maximum Gasteiger partial charge on any atom is 0.294 e. The minimum atomic E-state index is -0.885. The van der Waals surface area contributed by atoms with E-state index in [1.807, 2.05) is 0 Å². The van der Waals surface area contributed by atoms with Crippen molar-refractivity contribution in [3.63, 3.8) is 0 Å². The van der Waals surface area contributed by atoms with Crippen LogP contribution in [0.5, 0.6) is 5.75 Å². The molecule has 2 aromatic heterocycles. The maximum atomic E-state index is 13.0. The van der Waals surface area contributed by atoms with Gasteiger partial charge < -0.3 is 20.3 Å². The molecule has 1 aromatic carbocycles. The Labute approximate surface area is 185 Å². The normalized spacial score (nSPS) is 15.5. The number of hydrogen-bond donors (Lipinski definition) is 3. The van der Waals surface area contributed by atoms with E-state index in [9.17, 15) is 23.9 Å². The summed E-state index contributed by atoms with van der Waals surface area (Å²) >= 11 is 1.46. The van der Waals surface area contributed by atoms with Crippen LogP contribution >= 0.6 is 11.8 Å². The van der Waals surface area contributed by atoms with Gasteiger partial charge >= 0.3 is 0 Å². The fraction of sp³-hybridized carbons (Fsp3) is 0.190. The molecule has 3 aromatic rings. The van der Waals surface area contributed by atoms with E-state index in [0.29, 0.717) is 17.2 Å². The van der Waals surface area contributed by atoms with E-state index < -0.39 is 34.8 Å². The third-order valence-electron chi connectivity index (χ3n) is 4.84. The summed E-state index contributed by atoms with van der Waals surface area (Å²) in [4.78, 5) is 50.0. The van der Waals surface area contributed by atoms with Gasteiger partial charge in [0.2, 0.25) is 5.75 Å². The van der Waals surface area contributed by atoms with Crippen LogP contribution in [0.15, 0.2) is 53.5 Å². The molecule has 0 bridgehead atoms. The van der Waals surface area contributed by atoms with Gasteiger partial charge in [-0.1, -0.05) is 18.2 Å². The van der Waals surface area contributed by atoms with Crippen LogP contribution in [0, 0.1) is 5.82 Å². The molecule has 3 heterocycles. The number of aromatic nitrogens is 3. The van der Waals surface area contributed by atoms with Crippen molar-refractivity contribution in [3.05, 3.63) is 87.6 Å². The van der Waals surface area contributed by atoms with Crippen molar-refractivity contribution >= 4 is 23.6 Å². The Bertz CT molecular complexity index is 1200. The monoisotopic (exact) mass is 455 g/mol. The lowest BCUT2D eigenvalue weighted by Gasteiger charge is -2.23. The first-order valence-electron chi connectivity index (χ1n) is 9.59. The molecule has 1 saturated heterocycles. The summed E-state index contributed by atoms with van der Waals surface area (Å²) in [6, 6.07) is 9.90. The molecule has 3 N–H and O–H groups in total. The molecule has 0 radical (unpaired) electrons. The van der Waals surface area contributed by atoms with Gasteiger partial charge in [-0.25, -0.2) is 9.37 Å². The second kappa shape index (κ2) is 9.18. The molecule has 0 spiro atoms. The van der Waals surface area contributed by atoms with Crippen molar-refractivity contribution in [3.8, 4) is 5.75 Å². The van der Waals surface area contributed by atoms with Crippen LogP contribution in [-0.4, -0.2) is 48.4 Å². The number of amides is 2. The van der Waals surface area contributed by atoms with Gasteiger partial charge in [0.05, 0.1) is 5.88 Å². The largest absolute Gasteiger partial charge is 0.501 e. The molecule has 32 heavy (non-hydrogen) atoms. The zero-order valence-electron chi connectivity index (χ0n) is 16.6. The Morgan fingerprint density at radius 2 is 2.03 bits per heavy atom. The summed E-state index contributed by atoms with van der Waals surface area (Å²) in [5.74, 6) is -1.43. The molecule has 0 unspecified atom stereocenters. The van der Waals surface area contributed by atoms with Crippen molar-refractivity contribution < 1.29 is 19.1 Å². The first kappa shape index (κ1) is 21.5. The zero-order valence-corrected chi connectivity index (χ0v) is 17.4. The molecule has 0 saturated carbocycles. The Kier molecular flexibility index (Phi) is 6.17. The fourth-order valence-electron chi connectivity index (χ4n) is 3.17. The summed E-state index contributed by atoms with van der Waals surface area (Å²) in [5.41, 5.74) is -0.459. The number of hydrogen-bond acceptors (Lipinski definition) is 7. The van der Waals surface area contributed by atoms with E-state index >= 15 is 0 Å². The van der Waals surface area contributed by atoms with E-state index in [1.54, 1.807) is 18.2 Å². The highest BCUT2D eigenvalue weighted by Crippen LogP contribution is 2.32. The summed E-state index contributed by atoms with van der Waals surface area (Å²) < 4.78 is 13.0. The van der Waals surface area contributed by atoms with Gasteiger partial charge in [0.1, 0.15) is 23.4 Å². The van der Waals surface area contributed by atoms with Gasteiger partial charge in [-0.05, 0) is 29.8 Å². The highest BCUT2D eigenvalue weighted by molar-refractivity contribution is 7.99. The van der Waals surface area contributed by atoms with Crippen LogP contribution in [-0.2, 0) is 6.54 Å². The van der Waals surface area contributed by atoms with Gasteiger partial charge in [-0.3, -0.25) is 19.4 Å². The van der Waals surface area contributed by atoms with Crippen LogP contribution < -0.4 is 10.9 Å². The summed E-state index contributed by atoms with van der Waals surface area (Å²) in [6.07, 6.45) is 1.51. The number of thioether (sulfide) groups is 1. The predicted molar refractivity (Wildman–Crippen MR) is 115 cm³/mol. The van der Waals surface area contributed by atoms with Crippen LogP contribution in [0.2, 0.25) is 0 Å². The number of benzene rings is 1. The molecule has 164 valence electrons. The third kappa shape index (κ3) is 4.47. The van der Waals surface area contributed by atoms with Gasteiger partial charge in [-0.2, -0.15) is 0 Å². The molecule has 1 fully saturated rings. The summed E-state index contributed by atoms with van der Waals surface area (Å²) in [7, 11) is 0. The SMILES string of the molecule is O=C(NCc1ccc(F)cc1)c1nc([C@@H]2CSCN2C(=O)c2ccccn2)[nH]c(=O)c1O. The molecular formula is C21H18FN5O4S. The van der Waals surface area contributed by atoms with E-state index in [0.717, 1.165) is 0 Å². The Balaban J connectivity index is 1.57. The lowest BCUT2D eigenvalue weighted by molar-refractivity contribution is 0.0735. The average Bonchev–Trinajstić information content (AvgIpc) is 3.30. The quantitative estimate of drug-likeness (QED) is 0.535. The lowest BCUT2D eigenvalue weighted by Crippen LogP contribution is -2.34. The molecule has 9 nitrogen and oxygen atoms in total. The Morgan fingerprint density at radius 3 is 2.75 bits per heavy atom. The average molecular weight is 455 g/mol. The number of pyridine rings is 1. The van der Waals surface area contributed by atoms with Gasteiger partial charge in [0.25, 0.3) is 17.4 Å².